The van der Waals surface area contributed by atoms with Gasteiger partial charge in [-0.1, -0.05) is 43.8 Å². The predicted molar refractivity (Wildman–Crippen MR) is 60.5 cm³/mol. The zero-order valence-electron chi connectivity index (χ0n) is 8.96. The Bertz CT molecular complexity index is 280. The van der Waals surface area contributed by atoms with Gasteiger partial charge in [0, 0.05) is 18.8 Å². The largest absolute Gasteiger partial charge is 0.324 e. The van der Waals surface area contributed by atoms with Crippen molar-refractivity contribution in [3.05, 3.63) is 48.2 Å². The zero-order chi connectivity index (χ0) is 10.4. The van der Waals surface area contributed by atoms with Crippen molar-refractivity contribution in [2.45, 2.75) is 20.4 Å². The van der Waals surface area contributed by atoms with E-state index in [1.165, 1.54) is 5.56 Å². The van der Waals surface area contributed by atoms with E-state index in [4.69, 9.17) is 0 Å². The number of hydrogen-bond donors (Lipinski definition) is 1. The van der Waals surface area contributed by atoms with E-state index in [9.17, 15) is 0 Å². The van der Waals surface area contributed by atoms with E-state index in [0.29, 0.717) is 0 Å². The highest BCUT2D eigenvalue weighted by atomic mass is 15.5. The highest BCUT2D eigenvalue weighted by Crippen LogP contribution is 2.02. The van der Waals surface area contributed by atoms with Crippen LogP contribution in [0.1, 0.15) is 19.4 Å². The summed E-state index contributed by atoms with van der Waals surface area (Å²) in [7, 11) is 0. The molecule has 76 valence electrons. The fraction of sp³-hybridized carbons (Fsp3) is 0.333. The Labute approximate surface area is 86.2 Å². The van der Waals surface area contributed by atoms with Crippen molar-refractivity contribution in [1.29, 1.82) is 0 Å². The molecule has 0 saturated heterocycles. The first-order valence-corrected chi connectivity index (χ1v) is 4.93. The first-order chi connectivity index (χ1) is 6.72. The van der Waals surface area contributed by atoms with Crippen LogP contribution in [-0.4, -0.2) is 11.6 Å². The molecule has 0 aromatic heterocycles. The Morgan fingerprint density at radius 3 is 2.50 bits per heavy atom. The van der Waals surface area contributed by atoms with Gasteiger partial charge in [-0.3, -0.25) is 0 Å². The maximum atomic E-state index is 3.83. The molecule has 2 heteroatoms. The Balaban J connectivity index is 2.53. The Kier molecular flexibility index (Phi) is 4.20. The summed E-state index contributed by atoms with van der Waals surface area (Å²) in [5.41, 5.74) is 5.50. The first-order valence-electron chi connectivity index (χ1n) is 4.93. The lowest BCUT2D eigenvalue weighted by Gasteiger charge is -2.22. The minimum Gasteiger partial charge on any atom is -0.324 e. The van der Waals surface area contributed by atoms with Gasteiger partial charge in [0.2, 0.25) is 0 Å². The molecular formula is C12H18N2. The van der Waals surface area contributed by atoms with Gasteiger partial charge in [-0.05, 0) is 12.5 Å². The van der Waals surface area contributed by atoms with Crippen molar-refractivity contribution < 1.29 is 0 Å². The molecule has 1 aromatic carbocycles. The van der Waals surface area contributed by atoms with Gasteiger partial charge in [0.15, 0.2) is 0 Å². The quantitative estimate of drug-likeness (QED) is 0.718. The Morgan fingerprint density at radius 1 is 1.36 bits per heavy atom. The molecule has 14 heavy (non-hydrogen) atoms. The SMILES string of the molecule is C=C(C)NN(CC)Cc1ccccc1. The highest BCUT2D eigenvalue weighted by molar-refractivity contribution is 5.14. The molecule has 0 aliphatic heterocycles. The van der Waals surface area contributed by atoms with Crippen molar-refractivity contribution in [3.63, 3.8) is 0 Å². The van der Waals surface area contributed by atoms with E-state index in [1.54, 1.807) is 0 Å². The van der Waals surface area contributed by atoms with E-state index in [2.05, 4.69) is 48.2 Å². The van der Waals surface area contributed by atoms with Gasteiger partial charge in [0.25, 0.3) is 0 Å². The van der Waals surface area contributed by atoms with E-state index in [1.807, 2.05) is 13.0 Å². The topological polar surface area (TPSA) is 15.3 Å². The minimum atomic E-state index is 0.907. The van der Waals surface area contributed by atoms with Crippen LogP contribution in [0.3, 0.4) is 0 Å². The lowest BCUT2D eigenvalue weighted by atomic mass is 10.2. The molecule has 0 heterocycles. The van der Waals surface area contributed by atoms with Gasteiger partial charge in [-0.15, -0.1) is 0 Å². The van der Waals surface area contributed by atoms with Crippen molar-refractivity contribution in [1.82, 2.24) is 10.4 Å². The van der Waals surface area contributed by atoms with E-state index < -0.39 is 0 Å². The van der Waals surface area contributed by atoms with E-state index in [-0.39, 0.29) is 0 Å². The van der Waals surface area contributed by atoms with Crippen molar-refractivity contribution >= 4 is 0 Å². The van der Waals surface area contributed by atoms with Crippen molar-refractivity contribution in [2.75, 3.05) is 6.54 Å². The molecule has 0 radical (unpaired) electrons. The van der Waals surface area contributed by atoms with Gasteiger partial charge in [-0.25, -0.2) is 5.01 Å². The third kappa shape index (κ3) is 3.62. The summed E-state index contributed by atoms with van der Waals surface area (Å²) in [5, 5.41) is 2.14. The molecule has 0 bridgehead atoms. The number of nitrogens with one attached hydrogen (secondary N) is 1. The van der Waals surface area contributed by atoms with Crippen LogP contribution in [0, 0.1) is 0 Å². The Morgan fingerprint density at radius 2 is 2.00 bits per heavy atom. The van der Waals surface area contributed by atoms with Gasteiger partial charge in [-0.2, -0.15) is 0 Å². The van der Waals surface area contributed by atoms with Crippen LogP contribution in [0.2, 0.25) is 0 Å². The highest BCUT2D eigenvalue weighted by Gasteiger charge is 2.01. The molecule has 0 fully saturated rings. The van der Waals surface area contributed by atoms with E-state index in [0.717, 1.165) is 18.8 Å². The second kappa shape index (κ2) is 5.45. The molecule has 1 N–H and O–H groups in total. The molecule has 0 aliphatic rings. The lowest BCUT2D eigenvalue weighted by Crippen LogP contribution is -2.35. The van der Waals surface area contributed by atoms with Crippen LogP contribution in [-0.2, 0) is 6.54 Å². The summed E-state index contributed by atoms with van der Waals surface area (Å²) in [4.78, 5) is 0. The number of rotatable bonds is 5. The minimum absolute atomic E-state index is 0.907. The molecule has 0 spiro atoms. The molecule has 0 unspecified atom stereocenters. The van der Waals surface area contributed by atoms with Crippen molar-refractivity contribution in [3.8, 4) is 0 Å². The Hall–Kier alpha value is -1.28. The lowest BCUT2D eigenvalue weighted by molar-refractivity contribution is 0.215. The molecule has 2 nitrogen and oxygen atoms in total. The molecule has 1 rings (SSSR count). The average molecular weight is 190 g/mol. The van der Waals surface area contributed by atoms with Crippen LogP contribution in [0.15, 0.2) is 42.6 Å². The first kappa shape index (κ1) is 10.8. The number of hydrazine groups is 1. The molecule has 0 atom stereocenters. The average Bonchev–Trinajstić information content (AvgIpc) is 2.17. The number of nitrogens with zero attached hydrogens (tertiary/aromatic N) is 1. The second-order valence-corrected chi connectivity index (χ2v) is 3.39. The monoisotopic (exact) mass is 190 g/mol. The maximum absolute atomic E-state index is 3.83. The second-order valence-electron chi connectivity index (χ2n) is 3.39. The summed E-state index contributed by atoms with van der Waals surface area (Å²) < 4.78 is 0. The number of allylic oxidation sites excluding steroid dienone is 1. The number of hydrogen-bond acceptors (Lipinski definition) is 2. The summed E-state index contributed by atoms with van der Waals surface area (Å²) in [6, 6.07) is 10.4. The van der Waals surface area contributed by atoms with Gasteiger partial charge in [0.05, 0.1) is 0 Å². The standard InChI is InChI=1S/C12H18N2/c1-4-14(13-11(2)3)10-12-8-6-5-7-9-12/h5-9,13H,2,4,10H2,1,3H3. The normalized spacial score (nSPS) is 10.2. The van der Waals surface area contributed by atoms with Crippen molar-refractivity contribution in [2.24, 2.45) is 0 Å². The summed E-state index contributed by atoms with van der Waals surface area (Å²) in [6.07, 6.45) is 0. The van der Waals surface area contributed by atoms with Gasteiger partial charge < -0.3 is 5.43 Å². The smallest absolute Gasteiger partial charge is 0.0429 e. The summed E-state index contributed by atoms with van der Waals surface area (Å²) in [5.74, 6) is 0. The van der Waals surface area contributed by atoms with Crippen LogP contribution < -0.4 is 5.43 Å². The molecule has 0 saturated carbocycles. The third-order valence-corrected chi connectivity index (χ3v) is 1.95. The zero-order valence-corrected chi connectivity index (χ0v) is 8.96. The van der Waals surface area contributed by atoms with Crippen LogP contribution >= 0.6 is 0 Å². The summed E-state index contributed by atoms with van der Waals surface area (Å²) in [6.45, 7) is 9.79. The number of benzene rings is 1. The molecule has 0 amide bonds. The summed E-state index contributed by atoms with van der Waals surface area (Å²) >= 11 is 0. The maximum Gasteiger partial charge on any atom is 0.0429 e. The van der Waals surface area contributed by atoms with E-state index >= 15 is 0 Å². The molecule has 1 aromatic rings. The van der Waals surface area contributed by atoms with Crippen LogP contribution in [0.25, 0.3) is 0 Å². The van der Waals surface area contributed by atoms with Gasteiger partial charge in [0.1, 0.15) is 0 Å². The van der Waals surface area contributed by atoms with Gasteiger partial charge >= 0.3 is 0 Å². The van der Waals surface area contributed by atoms with Crippen LogP contribution in [0.4, 0.5) is 0 Å². The molecule has 0 aliphatic carbocycles. The predicted octanol–water partition coefficient (Wildman–Crippen LogP) is 2.55. The molecular weight excluding hydrogens is 172 g/mol. The third-order valence-electron chi connectivity index (χ3n) is 1.95. The fourth-order valence-electron chi connectivity index (χ4n) is 1.30. The van der Waals surface area contributed by atoms with Crippen LogP contribution in [0.5, 0.6) is 0 Å². The fourth-order valence-corrected chi connectivity index (χ4v) is 1.30.